The summed E-state index contributed by atoms with van der Waals surface area (Å²) in [6, 6.07) is 9.66. The smallest absolute Gasteiger partial charge is 0.418 e. The van der Waals surface area contributed by atoms with Crippen LogP contribution in [0.3, 0.4) is 0 Å². The Labute approximate surface area is 168 Å². The lowest BCUT2D eigenvalue weighted by Crippen LogP contribution is -2.24. The zero-order chi connectivity index (χ0) is 21.9. The van der Waals surface area contributed by atoms with Gasteiger partial charge in [-0.1, -0.05) is 12.1 Å². The zero-order valence-corrected chi connectivity index (χ0v) is 15.9. The first-order valence-corrected chi connectivity index (χ1v) is 9.85. The Hall–Kier alpha value is -3.18. The van der Waals surface area contributed by atoms with Gasteiger partial charge in [-0.15, -0.1) is 0 Å². The van der Waals surface area contributed by atoms with E-state index in [2.05, 4.69) is 4.72 Å². The fraction of sp³-hybridized carbons (Fsp3) is 0.105. The van der Waals surface area contributed by atoms with Crippen LogP contribution in [0.15, 0.2) is 70.2 Å². The Morgan fingerprint density at radius 3 is 2.43 bits per heavy atom. The highest BCUT2D eigenvalue weighted by molar-refractivity contribution is 7.89. The molecule has 2 aromatic carbocycles. The number of amides is 1. The molecule has 0 aliphatic rings. The summed E-state index contributed by atoms with van der Waals surface area (Å²) in [5.41, 5.74) is -2.44. The summed E-state index contributed by atoms with van der Waals surface area (Å²) < 4.78 is 85.4. The van der Waals surface area contributed by atoms with Gasteiger partial charge in [0.25, 0.3) is 5.91 Å². The summed E-state index contributed by atoms with van der Waals surface area (Å²) in [4.78, 5) is 11.9. The van der Waals surface area contributed by atoms with Crippen LogP contribution in [-0.2, 0) is 22.7 Å². The largest absolute Gasteiger partial charge is 0.468 e. The minimum atomic E-state index is -4.75. The summed E-state index contributed by atoms with van der Waals surface area (Å²) in [5.74, 6) is -2.00. The highest BCUT2D eigenvalue weighted by atomic mass is 32.2. The average molecular weight is 442 g/mol. The van der Waals surface area contributed by atoms with Crippen LogP contribution in [-0.4, -0.2) is 14.3 Å². The van der Waals surface area contributed by atoms with Crippen LogP contribution in [0.2, 0.25) is 0 Å². The molecular formula is C19H14F4N2O4S. The lowest BCUT2D eigenvalue weighted by atomic mass is 10.1. The monoisotopic (exact) mass is 442 g/mol. The van der Waals surface area contributed by atoms with Crippen LogP contribution in [0, 0.1) is 5.82 Å². The molecule has 11 heteroatoms. The predicted molar refractivity (Wildman–Crippen MR) is 98.5 cm³/mol. The Morgan fingerprint density at radius 1 is 1.03 bits per heavy atom. The summed E-state index contributed by atoms with van der Waals surface area (Å²) >= 11 is 0. The van der Waals surface area contributed by atoms with E-state index in [1.165, 1.54) is 18.4 Å². The fourth-order valence-electron chi connectivity index (χ4n) is 2.54. The number of carbonyl (C=O) groups excluding carboxylic acids is 1. The van der Waals surface area contributed by atoms with Crippen molar-refractivity contribution in [1.29, 1.82) is 0 Å². The van der Waals surface area contributed by atoms with Crippen molar-refractivity contribution < 1.29 is 35.2 Å². The second-order valence-electron chi connectivity index (χ2n) is 6.04. The standard InChI is InChI=1S/C19H14F4N2O4S/c20-16-8-7-13(30(27,28)24-11-12-4-3-9-29-12)10-14(16)18(26)25-17-6-2-1-5-15(17)19(21,22)23/h1-10,24H,11H2,(H,25,26). The number of anilines is 1. The van der Waals surface area contributed by atoms with E-state index < -0.39 is 49.6 Å². The molecule has 1 amide bonds. The first-order chi connectivity index (χ1) is 14.1. The third-order valence-corrected chi connectivity index (χ3v) is 5.39. The molecule has 0 spiro atoms. The summed E-state index contributed by atoms with van der Waals surface area (Å²) in [7, 11) is -4.15. The van der Waals surface area contributed by atoms with E-state index >= 15 is 0 Å². The molecule has 0 saturated carbocycles. The maximum Gasteiger partial charge on any atom is 0.418 e. The summed E-state index contributed by atoms with van der Waals surface area (Å²) in [6.07, 6.45) is -3.40. The van der Waals surface area contributed by atoms with Gasteiger partial charge < -0.3 is 9.73 Å². The number of benzene rings is 2. The average Bonchev–Trinajstić information content (AvgIpc) is 3.20. The summed E-state index contributed by atoms with van der Waals surface area (Å²) in [5, 5.41) is 1.98. The van der Waals surface area contributed by atoms with Gasteiger partial charge in [0.15, 0.2) is 0 Å². The van der Waals surface area contributed by atoms with Crippen molar-refractivity contribution >= 4 is 21.6 Å². The molecule has 0 aliphatic carbocycles. The molecule has 6 nitrogen and oxygen atoms in total. The highest BCUT2D eigenvalue weighted by Crippen LogP contribution is 2.34. The molecule has 0 saturated heterocycles. The van der Waals surface area contributed by atoms with Gasteiger partial charge in [-0.2, -0.15) is 13.2 Å². The van der Waals surface area contributed by atoms with Crippen LogP contribution in [0.4, 0.5) is 23.2 Å². The molecule has 3 aromatic rings. The minimum Gasteiger partial charge on any atom is -0.468 e. The molecule has 0 aliphatic heterocycles. The second-order valence-corrected chi connectivity index (χ2v) is 7.81. The van der Waals surface area contributed by atoms with Crippen LogP contribution < -0.4 is 10.0 Å². The van der Waals surface area contributed by atoms with Crippen LogP contribution in [0.1, 0.15) is 21.7 Å². The molecule has 0 unspecified atom stereocenters. The minimum absolute atomic E-state index is 0.187. The van der Waals surface area contributed by atoms with Gasteiger partial charge in [-0.3, -0.25) is 4.79 Å². The Balaban J connectivity index is 1.86. The van der Waals surface area contributed by atoms with Gasteiger partial charge in [0, 0.05) is 0 Å². The number of rotatable bonds is 6. The number of sulfonamides is 1. The highest BCUT2D eigenvalue weighted by Gasteiger charge is 2.33. The van der Waals surface area contributed by atoms with E-state index in [-0.39, 0.29) is 6.54 Å². The van der Waals surface area contributed by atoms with E-state index in [4.69, 9.17) is 4.42 Å². The molecule has 2 N–H and O–H groups in total. The molecule has 1 aromatic heterocycles. The fourth-order valence-corrected chi connectivity index (χ4v) is 3.56. The van der Waals surface area contributed by atoms with Gasteiger partial charge >= 0.3 is 6.18 Å². The number of para-hydroxylation sites is 1. The van der Waals surface area contributed by atoms with Gasteiger partial charge in [-0.05, 0) is 42.5 Å². The van der Waals surface area contributed by atoms with Crippen LogP contribution in [0.25, 0.3) is 0 Å². The number of nitrogens with one attached hydrogen (secondary N) is 2. The third-order valence-electron chi connectivity index (χ3n) is 3.99. The molecule has 1 heterocycles. The van der Waals surface area contributed by atoms with Crippen molar-refractivity contribution in [3.63, 3.8) is 0 Å². The quantitative estimate of drug-likeness (QED) is 0.561. The number of alkyl halides is 3. The number of hydrogen-bond acceptors (Lipinski definition) is 4. The van der Waals surface area contributed by atoms with Crippen molar-refractivity contribution in [1.82, 2.24) is 4.72 Å². The Kier molecular flexibility index (Phi) is 5.94. The molecule has 0 radical (unpaired) electrons. The van der Waals surface area contributed by atoms with Gasteiger partial charge in [0.2, 0.25) is 10.0 Å². The topological polar surface area (TPSA) is 88.4 Å². The van der Waals surface area contributed by atoms with E-state index in [1.807, 2.05) is 5.32 Å². The molecule has 0 fully saturated rings. The van der Waals surface area contributed by atoms with Crippen LogP contribution in [0.5, 0.6) is 0 Å². The number of furan rings is 1. The predicted octanol–water partition coefficient (Wildman–Crippen LogP) is 4.17. The molecule has 30 heavy (non-hydrogen) atoms. The maximum atomic E-state index is 14.1. The zero-order valence-electron chi connectivity index (χ0n) is 15.0. The first kappa shape index (κ1) is 21.5. The van der Waals surface area contributed by atoms with Gasteiger partial charge in [-0.25, -0.2) is 17.5 Å². The van der Waals surface area contributed by atoms with Crippen molar-refractivity contribution in [3.8, 4) is 0 Å². The lowest BCUT2D eigenvalue weighted by molar-refractivity contribution is -0.136. The Morgan fingerprint density at radius 2 is 1.77 bits per heavy atom. The van der Waals surface area contributed by atoms with E-state index in [9.17, 15) is 30.8 Å². The molecule has 0 atom stereocenters. The molecule has 158 valence electrons. The summed E-state index contributed by atoms with van der Waals surface area (Å²) in [6.45, 7) is -0.187. The van der Waals surface area contributed by atoms with E-state index in [0.717, 1.165) is 36.4 Å². The SMILES string of the molecule is O=C(Nc1ccccc1C(F)(F)F)c1cc(S(=O)(=O)NCc2ccco2)ccc1F. The Bertz CT molecular complexity index is 1160. The second kappa shape index (κ2) is 8.28. The van der Waals surface area contributed by atoms with Crippen molar-refractivity contribution in [2.24, 2.45) is 0 Å². The molecule has 3 rings (SSSR count). The third kappa shape index (κ3) is 4.86. The first-order valence-electron chi connectivity index (χ1n) is 8.37. The van der Waals surface area contributed by atoms with Crippen molar-refractivity contribution in [2.75, 3.05) is 5.32 Å². The normalized spacial score (nSPS) is 12.0. The van der Waals surface area contributed by atoms with E-state index in [1.54, 1.807) is 6.07 Å². The number of carbonyl (C=O) groups is 1. The van der Waals surface area contributed by atoms with Crippen molar-refractivity contribution in [2.45, 2.75) is 17.6 Å². The molecular weight excluding hydrogens is 428 g/mol. The maximum absolute atomic E-state index is 14.1. The lowest BCUT2D eigenvalue weighted by Gasteiger charge is -2.14. The van der Waals surface area contributed by atoms with Crippen molar-refractivity contribution in [3.05, 3.63) is 83.6 Å². The molecule has 0 bridgehead atoms. The number of hydrogen-bond donors (Lipinski definition) is 2. The number of halogens is 4. The van der Waals surface area contributed by atoms with Gasteiger partial charge in [0.05, 0.1) is 34.5 Å². The van der Waals surface area contributed by atoms with E-state index in [0.29, 0.717) is 5.76 Å². The van der Waals surface area contributed by atoms with Crippen LogP contribution >= 0.6 is 0 Å². The van der Waals surface area contributed by atoms with Gasteiger partial charge in [0.1, 0.15) is 11.6 Å².